The second-order valence-corrected chi connectivity index (χ2v) is 7.41. The summed E-state index contributed by atoms with van der Waals surface area (Å²) in [5.74, 6) is 0. The predicted octanol–water partition coefficient (Wildman–Crippen LogP) is 2.08. The number of benzene rings is 1. The van der Waals surface area contributed by atoms with Crippen LogP contribution in [0.15, 0.2) is 27.6 Å². The maximum atomic E-state index is 12.4. The molecule has 1 heterocycles. The molecular formula is C11H14BrClN2O2S. The van der Waals surface area contributed by atoms with Crippen molar-refractivity contribution in [2.45, 2.75) is 17.4 Å². The summed E-state index contributed by atoms with van der Waals surface area (Å²) in [7, 11) is -1.57. The van der Waals surface area contributed by atoms with Gasteiger partial charge in [-0.2, -0.15) is 4.31 Å². The SMILES string of the molecule is CNC1CCN(S(=O)(=O)c2ccc(Cl)c(Br)c2)C1. The fourth-order valence-corrected chi connectivity index (χ4v) is 4.14. The summed E-state index contributed by atoms with van der Waals surface area (Å²) in [6.45, 7) is 1.06. The maximum Gasteiger partial charge on any atom is 0.243 e. The van der Waals surface area contributed by atoms with Gasteiger partial charge in [-0.15, -0.1) is 0 Å². The maximum absolute atomic E-state index is 12.4. The Bertz CT molecular complexity index is 550. The smallest absolute Gasteiger partial charge is 0.243 e. The van der Waals surface area contributed by atoms with Gasteiger partial charge in [-0.05, 0) is 47.6 Å². The summed E-state index contributed by atoms with van der Waals surface area (Å²) < 4.78 is 26.9. The molecule has 1 unspecified atom stereocenters. The summed E-state index contributed by atoms with van der Waals surface area (Å²) in [5.41, 5.74) is 0. The van der Waals surface area contributed by atoms with Crippen LogP contribution < -0.4 is 5.32 Å². The number of rotatable bonds is 3. The second kappa shape index (κ2) is 5.46. The van der Waals surface area contributed by atoms with E-state index < -0.39 is 10.0 Å². The van der Waals surface area contributed by atoms with Crippen LogP contribution in [0.1, 0.15) is 6.42 Å². The van der Waals surface area contributed by atoms with Gasteiger partial charge in [0.25, 0.3) is 0 Å². The van der Waals surface area contributed by atoms with E-state index in [2.05, 4.69) is 21.2 Å². The van der Waals surface area contributed by atoms with Crippen LogP contribution in [0.2, 0.25) is 5.02 Å². The van der Waals surface area contributed by atoms with Gasteiger partial charge in [0.05, 0.1) is 9.92 Å². The van der Waals surface area contributed by atoms with E-state index in [1.54, 1.807) is 12.1 Å². The Hall–Kier alpha value is -0.140. The average Bonchev–Trinajstić information content (AvgIpc) is 2.81. The van der Waals surface area contributed by atoms with Gasteiger partial charge in [-0.1, -0.05) is 11.6 Å². The zero-order valence-electron chi connectivity index (χ0n) is 9.86. The highest BCUT2D eigenvalue weighted by atomic mass is 79.9. The first-order valence-corrected chi connectivity index (χ1v) is 8.18. The van der Waals surface area contributed by atoms with Crippen molar-refractivity contribution >= 4 is 37.6 Å². The van der Waals surface area contributed by atoms with Gasteiger partial charge < -0.3 is 5.32 Å². The first-order chi connectivity index (χ1) is 8.45. The van der Waals surface area contributed by atoms with E-state index in [0.717, 1.165) is 6.42 Å². The zero-order chi connectivity index (χ0) is 13.3. The summed E-state index contributed by atoms with van der Waals surface area (Å²) in [4.78, 5) is 0.274. The van der Waals surface area contributed by atoms with E-state index in [9.17, 15) is 8.42 Å². The molecule has 1 aromatic carbocycles. The van der Waals surface area contributed by atoms with Crippen molar-refractivity contribution in [1.29, 1.82) is 0 Å². The van der Waals surface area contributed by atoms with Gasteiger partial charge in [0.1, 0.15) is 0 Å². The molecule has 0 spiro atoms. The molecule has 18 heavy (non-hydrogen) atoms. The molecule has 0 saturated carbocycles. The molecule has 0 radical (unpaired) electrons. The monoisotopic (exact) mass is 352 g/mol. The van der Waals surface area contributed by atoms with Crippen molar-refractivity contribution in [3.63, 3.8) is 0 Å². The van der Waals surface area contributed by atoms with Crippen LogP contribution in [-0.4, -0.2) is 38.9 Å². The minimum atomic E-state index is -3.42. The van der Waals surface area contributed by atoms with Gasteiger partial charge in [-0.25, -0.2) is 8.42 Å². The van der Waals surface area contributed by atoms with Crippen LogP contribution in [-0.2, 0) is 10.0 Å². The summed E-state index contributed by atoms with van der Waals surface area (Å²) in [5, 5.41) is 3.60. The molecule has 1 saturated heterocycles. The van der Waals surface area contributed by atoms with E-state index in [1.165, 1.54) is 10.4 Å². The molecule has 1 aliphatic heterocycles. The largest absolute Gasteiger partial charge is 0.316 e. The minimum Gasteiger partial charge on any atom is -0.316 e. The van der Waals surface area contributed by atoms with Gasteiger partial charge >= 0.3 is 0 Å². The molecule has 1 N–H and O–H groups in total. The third-order valence-electron chi connectivity index (χ3n) is 3.09. The van der Waals surface area contributed by atoms with E-state index in [0.29, 0.717) is 22.6 Å². The zero-order valence-corrected chi connectivity index (χ0v) is 13.0. The normalized spacial score (nSPS) is 21.4. The molecule has 0 aromatic heterocycles. The third-order valence-corrected chi connectivity index (χ3v) is 6.16. The summed E-state index contributed by atoms with van der Waals surface area (Å²) >= 11 is 9.12. The Labute approximate surface area is 120 Å². The predicted molar refractivity (Wildman–Crippen MR) is 75.4 cm³/mol. The highest BCUT2D eigenvalue weighted by Crippen LogP contribution is 2.28. The molecule has 100 valence electrons. The molecule has 1 fully saturated rings. The first kappa shape index (κ1) is 14.3. The Morgan fingerprint density at radius 1 is 1.50 bits per heavy atom. The van der Waals surface area contributed by atoms with Crippen molar-refractivity contribution in [1.82, 2.24) is 9.62 Å². The molecule has 1 aromatic rings. The van der Waals surface area contributed by atoms with Gasteiger partial charge in [0, 0.05) is 23.6 Å². The van der Waals surface area contributed by atoms with Crippen molar-refractivity contribution < 1.29 is 8.42 Å². The lowest BCUT2D eigenvalue weighted by Gasteiger charge is -2.16. The Balaban J connectivity index is 2.28. The minimum absolute atomic E-state index is 0.232. The lowest BCUT2D eigenvalue weighted by Crippen LogP contribution is -2.33. The fraction of sp³-hybridized carbons (Fsp3) is 0.455. The number of likely N-dealkylation sites (N-methyl/N-ethyl adjacent to an activating group) is 1. The van der Waals surface area contributed by atoms with E-state index >= 15 is 0 Å². The number of hydrogen-bond donors (Lipinski definition) is 1. The van der Waals surface area contributed by atoms with Crippen LogP contribution in [0.5, 0.6) is 0 Å². The molecule has 0 amide bonds. The van der Waals surface area contributed by atoms with Crippen molar-refractivity contribution in [2.75, 3.05) is 20.1 Å². The molecule has 7 heteroatoms. The molecule has 1 atom stereocenters. The highest BCUT2D eigenvalue weighted by Gasteiger charge is 2.31. The van der Waals surface area contributed by atoms with Crippen molar-refractivity contribution in [3.8, 4) is 0 Å². The van der Waals surface area contributed by atoms with Crippen LogP contribution >= 0.6 is 27.5 Å². The van der Waals surface area contributed by atoms with Crippen LogP contribution in [0.4, 0.5) is 0 Å². The van der Waals surface area contributed by atoms with Crippen LogP contribution in [0.25, 0.3) is 0 Å². The Morgan fingerprint density at radius 3 is 2.78 bits per heavy atom. The van der Waals surface area contributed by atoms with Crippen LogP contribution in [0.3, 0.4) is 0 Å². The van der Waals surface area contributed by atoms with Gasteiger partial charge in [-0.3, -0.25) is 0 Å². The Morgan fingerprint density at radius 2 is 2.22 bits per heavy atom. The lowest BCUT2D eigenvalue weighted by molar-refractivity contribution is 0.464. The number of hydrogen-bond acceptors (Lipinski definition) is 3. The van der Waals surface area contributed by atoms with Crippen molar-refractivity contribution in [3.05, 3.63) is 27.7 Å². The molecule has 2 rings (SSSR count). The second-order valence-electron chi connectivity index (χ2n) is 4.21. The van der Waals surface area contributed by atoms with Gasteiger partial charge in [0.15, 0.2) is 0 Å². The topological polar surface area (TPSA) is 49.4 Å². The Kier molecular flexibility index (Phi) is 4.33. The number of nitrogens with one attached hydrogen (secondary N) is 1. The van der Waals surface area contributed by atoms with Crippen molar-refractivity contribution in [2.24, 2.45) is 0 Å². The van der Waals surface area contributed by atoms with E-state index in [4.69, 9.17) is 11.6 Å². The first-order valence-electron chi connectivity index (χ1n) is 5.57. The van der Waals surface area contributed by atoms with Gasteiger partial charge in [0.2, 0.25) is 10.0 Å². The number of sulfonamides is 1. The number of nitrogens with zero attached hydrogens (tertiary/aromatic N) is 1. The molecular weight excluding hydrogens is 340 g/mol. The summed E-state index contributed by atoms with van der Waals surface area (Å²) in [6, 6.07) is 4.90. The molecule has 4 nitrogen and oxygen atoms in total. The standard InChI is InChI=1S/C11H14BrClN2O2S/c1-14-8-4-5-15(7-8)18(16,17)9-2-3-11(13)10(12)6-9/h2-3,6,8,14H,4-5,7H2,1H3. The molecule has 0 aliphatic carbocycles. The lowest BCUT2D eigenvalue weighted by atomic mass is 10.3. The quantitative estimate of drug-likeness (QED) is 0.905. The van der Waals surface area contributed by atoms with E-state index in [-0.39, 0.29) is 10.9 Å². The highest BCUT2D eigenvalue weighted by molar-refractivity contribution is 9.10. The van der Waals surface area contributed by atoms with Crippen LogP contribution in [0, 0.1) is 0 Å². The molecule has 0 bridgehead atoms. The average molecular weight is 354 g/mol. The summed E-state index contributed by atoms with van der Waals surface area (Å²) in [6.07, 6.45) is 0.838. The van der Waals surface area contributed by atoms with E-state index in [1.807, 2.05) is 7.05 Å². The fourth-order valence-electron chi connectivity index (χ4n) is 1.97. The number of halogens is 2. The molecule has 1 aliphatic rings. The third kappa shape index (κ3) is 2.72.